The van der Waals surface area contributed by atoms with Crippen LogP contribution >= 0.6 is 0 Å². The number of nitrogens with one attached hydrogen (secondary N) is 1. The first kappa shape index (κ1) is 13.9. The maximum Gasteiger partial charge on any atom is 0.230 e. The van der Waals surface area contributed by atoms with E-state index in [2.05, 4.69) is 5.32 Å². The largest absolute Gasteiger partial charge is 0.399 e. The molecule has 1 aromatic rings. The normalized spacial score (nSPS) is 17.9. The Balaban J connectivity index is 2.00. The fourth-order valence-electron chi connectivity index (χ4n) is 2.62. The third kappa shape index (κ3) is 3.70. The van der Waals surface area contributed by atoms with E-state index >= 15 is 0 Å². The molecule has 0 heterocycles. The molecule has 1 aliphatic rings. The molecule has 1 fully saturated rings. The van der Waals surface area contributed by atoms with E-state index in [1.807, 2.05) is 0 Å². The van der Waals surface area contributed by atoms with E-state index in [1.165, 1.54) is 19.3 Å². The Labute approximate surface area is 114 Å². The average Bonchev–Trinajstić information content (AvgIpc) is 2.43. The number of aliphatic hydroxyl groups is 1. The van der Waals surface area contributed by atoms with Gasteiger partial charge in [0.1, 0.15) is 0 Å². The monoisotopic (exact) mass is 262 g/mol. The minimum Gasteiger partial charge on any atom is -0.399 e. The summed E-state index contributed by atoms with van der Waals surface area (Å²) in [7, 11) is 0. The van der Waals surface area contributed by atoms with Crippen molar-refractivity contribution in [1.29, 1.82) is 0 Å². The van der Waals surface area contributed by atoms with Gasteiger partial charge in [-0.25, -0.2) is 0 Å². The molecule has 1 amide bonds. The summed E-state index contributed by atoms with van der Waals surface area (Å²) >= 11 is 0. The number of aliphatic hydroxyl groups excluding tert-OH is 1. The van der Waals surface area contributed by atoms with Crippen molar-refractivity contribution in [3.63, 3.8) is 0 Å². The van der Waals surface area contributed by atoms with Crippen LogP contribution in [-0.4, -0.2) is 23.7 Å². The molecule has 0 radical (unpaired) electrons. The molecule has 104 valence electrons. The second-order valence-corrected chi connectivity index (χ2v) is 5.25. The van der Waals surface area contributed by atoms with Gasteiger partial charge in [0.2, 0.25) is 5.91 Å². The zero-order valence-corrected chi connectivity index (χ0v) is 11.1. The quantitative estimate of drug-likeness (QED) is 0.724. The molecule has 1 aromatic carbocycles. The van der Waals surface area contributed by atoms with Crippen LogP contribution in [0.1, 0.15) is 43.6 Å². The first-order valence-electron chi connectivity index (χ1n) is 6.97. The molecular weight excluding hydrogens is 240 g/mol. The van der Waals surface area contributed by atoms with E-state index in [-0.39, 0.29) is 18.6 Å². The van der Waals surface area contributed by atoms with Gasteiger partial charge in [0.25, 0.3) is 0 Å². The summed E-state index contributed by atoms with van der Waals surface area (Å²) in [5.41, 5.74) is 7.10. The lowest BCUT2D eigenvalue weighted by atomic mass is 9.93. The maximum absolute atomic E-state index is 12.2. The van der Waals surface area contributed by atoms with Crippen molar-refractivity contribution >= 4 is 11.6 Å². The van der Waals surface area contributed by atoms with Gasteiger partial charge in [-0.15, -0.1) is 0 Å². The van der Waals surface area contributed by atoms with Gasteiger partial charge in [-0.2, -0.15) is 0 Å². The molecule has 19 heavy (non-hydrogen) atoms. The van der Waals surface area contributed by atoms with Gasteiger partial charge in [-0.1, -0.05) is 31.4 Å². The summed E-state index contributed by atoms with van der Waals surface area (Å²) in [4.78, 5) is 12.2. The predicted octanol–water partition coefficient (Wildman–Crippen LogP) is 1.79. The highest BCUT2D eigenvalue weighted by Crippen LogP contribution is 2.21. The third-order valence-electron chi connectivity index (χ3n) is 3.79. The molecule has 0 aromatic heterocycles. The Morgan fingerprint density at radius 1 is 1.26 bits per heavy atom. The molecule has 1 atom stereocenters. The molecular formula is C15H22N2O2. The highest BCUT2D eigenvalue weighted by molar-refractivity contribution is 5.84. The Morgan fingerprint density at radius 2 is 1.89 bits per heavy atom. The lowest BCUT2D eigenvalue weighted by Gasteiger charge is -2.25. The number of carbonyl (C=O) groups excluding carboxylic acids is 1. The Bertz CT molecular complexity index is 411. The van der Waals surface area contributed by atoms with E-state index in [4.69, 9.17) is 5.73 Å². The van der Waals surface area contributed by atoms with Crippen LogP contribution in [0.2, 0.25) is 0 Å². The minimum absolute atomic E-state index is 0.0841. The van der Waals surface area contributed by atoms with Crippen LogP contribution in [0.3, 0.4) is 0 Å². The number of carbonyl (C=O) groups is 1. The van der Waals surface area contributed by atoms with Gasteiger partial charge in [0.15, 0.2) is 0 Å². The molecule has 1 aliphatic carbocycles. The molecule has 4 nitrogen and oxygen atoms in total. The summed E-state index contributed by atoms with van der Waals surface area (Å²) in [6.07, 6.45) is 5.71. The predicted molar refractivity (Wildman–Crippen MR) is 75.7 cm³/mol. The standard InChI is InChI=1S/C15H22N2O2/c16-12-8-6-11(7-9-12)14(10-18)15(19)17-13-4-2-1-3-5-13/h6-9,13-14,18H,1-5,10,16H2,(H,17,19). The van der Waals surface area contributed by atoms with Crippen LogP contribution in [0.15, 0.2) is 24.3 Å². The van der Waals surface area contributed by atoms with Crippen LogP contribution in [0.25, 0.3) is 0 Å². The smallest absolute Gasteiger partial charge is 0.230 e. The molecule has 1 unspecified atom stereocenters. The number of hydrogen-bond donors (Lipinski definition) is 3. The van der Waals surface area contributed by atoms with Gasteiger partial charge in [0.05, 0.1) is 12.5 Å². The van der Waals surface area contributed by atoms with Crippen LogP contribution in [0.4, 0.5) is 5.69 Å². The van der Waals surface area contributed by atoms with Crippen LogP contribution in [0, 0.1) is 0 Å². The molecule has 1 saturated carbocycles. The highest BCUT2D eigenvalue weighted by atomic mass is 16.3. The second-order valence-electron chi connectivity index (χ2n) is 5.25. The van der Waals surface area contributed by atoms with Crippen LogP contribution in [-0.2, 0) is 4.79 Å². The Morgan fingerprint density at radius 3 is 2.47 bits per heavy atom. The number of hydrogen-bond acceptors (Lipinski definition) is 3. The van der Waals surface area contributed by atoms with Crippen molar-refractivity contribution in [2.45, 2.75) is 44.1 Å². The number of rotatable bonds is 4. The van der Waals surface area contributed by atoms with Gasteiger partial charge in [0, 0.05) is 11.7 Å². The minimum atomic E-state index is -0.498. The van der Waals surface area contributed by atoms with Crippen LogP contribution < -0.4 is 11.1 Å². The van der Waals surface area contributed by atoms with Crippen LogP contribution in [0.5, 0.6) is 0 Å². The molecule has 4 heteroatoms. The van der Waals surface area contributed by atoms with Crippen molar-refractivity contribution in [3.8, 4) is 0 Å². The van der Waals surface area contributed by atoms with E-state index in [0.29, 0.717) is 5.69 Å². The third-order valence-corrected chi connectivity index (χ3v) is 3.79. The summed E-state index contributed by atoms with van der Waals surface area (Å²) < 4.78 is 0. The lowest BCUT2D eigenvalue weighted by molar-refractivity contribution is -0.124. The van der Waals surface area contributed by atoms with Gasteiger partial charge in [-0.05, 0) is 30.5 Å². The molecule has 0 spiro atoms. The van der Waals surface area contributed by atoms with E-state index in [1.54, 1.807) is 24.3 Å². The number of nitrogens with two attached hydrogens (primary N) is 1. The summed E-state index contributed by atoms with van der Waals surface area (Å²) in [6, 6.07) is 7.38. The zero-order valence-electron chi connectivity index (χ0n) is 11.1. The van der Waals surface area contributed by atoms with Gasteiger partial charge in [-0.3, -0.25) is 4.79 Å². The summed E-state index contributed by atoms with van der Waals surface area (Å²) in [5, 5.41) is 12.5. The highest BCUT2D eigenvalue weighted by Gasteiger charge is 2.23. The van der Waals surface area contributed by atoms with Gasteiger partial charge < -0.3 is 16.2 Å². The number of benzene rings is 1. The maximum atomic E-state index is 12.2. The Hall–Kier alpha value is -1.55. The average molecular weight is 262 g/mol. The first-order chi connectivity index (χ1) is 9.20. The van der Waals surface area contributed by atoms with Crippen molar-refractivity contribution in [1.82, 2.24) is 5.32 Å². The number of nitrogen functional groups attached to an aromatic ring is 1. The first-order valence-corrected chi connectivity index (χ1v) is 6.97. The molecule has 0 bridgehead atoms. The molecule has 0 saturated heterocycles. The second kappa shape index (κ2) is 6.57. The molecule has 0 aliphatic heterocycles. The van der Waals surface area contributed by atoms with E-state index < -0.39 is 5.92 Å². The SMILES string of the molecule is Nc1ccc(C(CO)C(=O)NC2CCCCC2)cc1. The van der Waals surface area contributed by atoms with Crippen molar-refractivity contribution in [3.05, 3.63) is 29.8 Å². The number of anilines is 1. The van der Waals surface area contributed by atoms with E-state index in [0.717, 1.165) is 18.4 Å². The summed E-state index contributed by atoms with van der Waals surface area (Å²) in [6.45, 7) is -0.178. The summed E-state index contributed by atoms with van der Waals surface area (Å²) in [5.74, 6) is -0.582. The van der Waals surface area contributed by atoms with Crippen molar-refractivity contribution < 1.29 is 9.90 Å². The molecule has 4 N–H and O–H groups in total. The fraction of sp³-hybridized carbons (Fsp3) is 0.533. The fourth-order valence-corrected chi connectivity index (χ4v) is 2.62. The van der Waals surface area contributed by atoms with Crippen molar-refractivity contribution in [2.24, 2.45) is 0 Å². The molecule has 2 rings (SSSR count). The van der Waals surface area contributed by atoms with Crippen molar-refractivity contribution in [2.75, 3.05) is 12.3 Å². The number of amides is 1. The lowest BCUT2D eigenvalue weighted by Crippen LogP contribution is -2.40. The van der Waals surface area contributed by atoms with E-state index in [9.17, 15) is 9.90 Å². The van der Waals surface area contributed by atoms with Gasteiger partial charge >= 0.3 is 0 Å². The topological polar surface area (TPSA) is 75.3 Å². The zero-order chi connectivity index (χ0) is 13.7. The Kier molecular flexibility index (Phi) is 4.80.